The second kappa shape index (κ2) is 7.14. The topological polar surface area (TPSA) is 38.3 Å². The van der Waals surface area contributed by atoms with Crippen LogP contribution >= 0.6 is 0 Å². The van der Waals surface area contributed by atoms with Gasteiger partial charge >= 0.3 is 0 Å². The maximum absolute atomic E-state index is 12.2. The van der Waals surface area contributed by atoms with Gasteiger partial charge < -0.3 is 10.1 Å². The molecule has 0 fully saturated rings. The third-order valence-electron chi connectivity index (χ3n) is 4.07. The van der Waals surface area contributed by atoms with Crippen LogP contribution in [0.1, 0.15) is 27.8 Å². The lowest BCUT2D eigenvalue weighted by Crippen LogP contribution is -2.09. The van der Waals surface area contributed by atoms with E-state index in [-0.39, 0.29) is 5.91 Å². The van der Waals surface area contributed by atoms with Crippen molar-refractivity contribution < 1.29 is 9.53 Å². The molecule has 0 aliphatic heterocycles. The maximum atomic E-state index is 12.2. The molecule has 3 heteroatoms. The van der Waals surface area contributed by atoms with Gasteiger partial charge in [0.1, 0.15) is 5.75 Å². The molecule has 0 unspecified atom stereocenters. The smallest absolute Gasteiger partial charge is 0.248 e. The number of nitrogens with one attached hydrogen (secondary N) is 1. The second-order valence-corrected chi connectivity index (χ2v) is 5.74. The van der Waals surface area contributed by atoms with Crippen LogP contribution in [0.3, 0.4) is 0 Å². The summed E-state index contributed by atoms with van der Waals surface area (Å²) >= 11 is 0. The normalized spacial score (nSPS) is 10.8. The zero-order valence-electron chi connectivity index (χ0n) is 14.4. The van der Waals surface area contributed by atoms with Crippen LogP contribution in [0.4, 0.5) is 5.69 Å². The Morgan fingerprint density at radius 3 is 2.30 bits per heavy atom. The molecular weight excluding hydrogens is 286 g/mol. The van der Waals surface area contributed by atoms with Crippen LogP contribution in [0.25, 0.3) is 6.08 Å². The average molecular weight is 309 g/mol. The largest absolute Gasteiger partial charge is 0.497 e. The Hall–Kier alpha value is -2.55. The number of hydrogen-bond donors (Lipinski definition) is 1. The van der Waals surface area contributed by atoms with Crippen molar-refractivity contribution in [3.8, 4) is 5.75 Å². The van der Waals surface area contributed by atoms with Crippen molar-refractivity contribution in [1.29, 1.82) is 0 Å². The van der Waals surface area contributed by atoms with E-state index in [1.54, 1.807) is 13.2 Å². The highest BCUT2D eigenvalue weighted by molar-refractivity contribution is 6.02. The van der Waals surface area contributed by atoms with Gasteiger partial charge in [-0.2, -0.15) is 0 Å². The summed E-state index contributed by atoms with van der Waals surface area (Å²) in [6.45, 7) is 8.06. The van der Waals surface area contributed by atoms with Crippen LogP contribution in [-0.2, 0) is 4.79 Å². The number of aryl methyl sites for hydroxylation is 3. The number of methoxy groups -OCH3 is 1. The molecule has 2 rings (SSSR count). The SMILES string of the molecule is COc1cc(C)c(/C=C/C(=O)Nc2cccc(C)c2C)c(C)c1. The van der Waals surface area contributed by atoms with E-state index in [1.807, 2.05) is 64.1 Å². The Labute approximate surface area is 138 Å². The van der Waals surface area contributed by atoms with E-state index in [2.05, 4.69) is 5.32 Å². The van der Waals surface area contributed by atoms with Crippen molar-refractivity contribution in [3.05, 3.63) is 64.2 Å². The summed E-state index contributed by atoms with van der Waals surface area (Å²) in [5.74, 6) is 0.699. The highest BCUT2D eigenvalue weighted by atomic mass is 16.5. The van der Waals surface area contributed by atoms with Gasteiger partial charge in [-0.1, -0.05) is 12.1 Å². The lowest BCUT2D eigenvalue weighted by Gasteiger charge is -2.10. The molecule has 0 bridgehead atoms. The van der Waals surface area contributed by atoms with Gasteiger partial charge in [0.05, 0.1) is 7.11 Å². The molecule has 2 aromatic rings. The molecule has 0 saturated heterocycles. The highest BCUT2D eigenvalue weighted by Crippen LogP contribution is 2.23. The van der Waals surface area contributed by atoms with Crippen LogP contribution in [-0.4, -0.2) is 13.0 Å². The Morgan fingerprint density at radius 1 is 1.04 bits per heavy atom. The van der Waals surface area contributed by atoms with Gasteiger partial charge in [-0.3, -0.25) is 4.79 Å². The van der Waals surface area contributed by atoms with Crippen molar-refractivity contribution in [2.45, 2.75) is 27.7 Å². The number of amides is 1. The van der Waals surface area contributed by atoms with Gasteiger partial charge in [-0.05, 0) is 79.8 Å². The van der Waals surface area contributed by atoms with Crippen molar-refractivity contribution in [2.75, 3.05) is 12.4 Å². The summed E-state index contributed by atoms with van der Waals surface area (Å²) in [6.07, 6.45) is 3.42. The summed E-state index contributed by atoms with van der Waals surface area (Å²) in [5.41, 5.74) is 6.31. The Morgan fingerprint density at radius 2 is 1.70 bits per heavy atom. The summed E-state index contributed by atoms with van der Waals surface area (Å²) in [5, 5.41) is 2.93. The molecule has 0 aliphatic rings. The first kappa shape index (κ1) is 16.8. The molecule has 0 atom stereocenters. The molecule has 0 saturated carbocycles. The molecule has 23 heavy (non-hydrogen) atoms. The van der Waals surface area contributed by atoms with Gasteiger partial charge in [0, 0.05) is 11.8 Å². The number of carbonyl (C=O) groups is 1. The highest BCUT2D eigenvalue weighted by Gasteiger charge is 2.05. The lowest BCUT2D eigenvalue weighted by molar-refractivity contribution is -0.111. The monoisotopic (exact) mass is 309 g/mol. The first-order chi connectivity index (χ1) is 10.9. The Kier molecular flexibility index (Phi) is 5.22. The lowest BCUT2D eigenvalue weighted by atomic mass is 10.0. The van der Waals surface area contributed by atoms with Crippen LogP contribution in [0.15, 0.2) is 36.4 Å². The molecule has 1 amide bonds. The number of hydrogen-bond acceptors (Lipinski definition) is 2. The minimum atomic E-state index is -0.131. The van der Waals surface area contributed by atoms with Crippen LogP contribution < -0.4 is 10.1 Å². The predicted molar refractivity (Wildman–Crippen MR) is 96.0 cm³/mol. The third-order valence-corrected chi connectivity index (χ3v) is 4.07. The average Bonchev–Trinajstić information content (AvgIpc) is 2.50. The number of benzene rings is 2. The standard InChI is InChI=1S/C20H23NO2/c1-13-7-6-8-19(16(13)4)21-20(22)10-9-18-14(2)11-17(23-5)12-15(18)3/h6-12H,1-5H3,(H,21,22)/b10-9+. The number of rotatable bonds is 4. The van der Waals surface area contributed by atoms with E-state index in [0.717, 1.165) is 39.3 Å². The number of ether oxygens (including phenoxy) is 1. The van der Waals surface area contributed by atoms with Gasteiger partial charge in [-0.25, -0.2) is 0 Å². The van der Waals surface area contributed by atoms with E-state index in [0.29, 0.717) is 0 Å². The summed E-state index contributed by atoms with van der Waals surface area (Å²) in [4.78, 5) is 12.2. The molecule has 0 heterocycles. The van der Waals surface area contributed by atoms with E-state index >= 15 is 0 Å². The molecular formula is C20H23NO2. The second-order valence-electron chi connectivity index (χ2n) is 5.74. The molecule has 0 aromatic heterocycles. The molecule has 3 nitrogen and oxygen atoms in total. The summed E-state index contributed by atoms with van der Waals surface area (Å²) in [6, 6.07) is 9.83. The molecule has 0 radical (unpaired) electrons. The fourth-order valence-corrected chi connectivity index (χ4v) is 2.54. The molecule has 0 spiro atoms. The van der Waals surface area contributed by atoms with Crippen LogP contribution in [0, 0.1) is 27.7 Å². The first-order valence-electron chi connectivity index (χ1n) is 7.63. The van der Waals surface area contributed by atoms with Crippen molar-refractivity contribution >= 4 is 17.7 Å². The fraction of sp³-hybridized carbons (Fsp3) is 0.250. The van der Waals surface area contributed by atoms with E-state index in [9.17, 15) is 4.79 Å². The van der Waals surface area contributed by atoms with Crippen molar-refractivity contribution in [2.24, 2.45) is 0 Å². The van der Waals surface area contributed by atoms with Crippen LogP contribution in [0.5, 0.6) is 5.75 Å². The van der Waals surface area contributed by atoms with Crippen LogP contribution in [0.2, 0.25) is 0 Å². The zero-order valence-corrected chi connectivity index (χ0v) is 14.4. The quantitative estimate of drug-likeness (QED) is 0.839. The summed E-state index contributed by atoms with van der Waals surface area (Å²) in [7, 11) is 1.65. The zero-order chi connectivity index (χ0) is 17.0. The molecule has 120 valence electrons. The van der Waals surface area contributed by atoms with E-state index in [4.69, 9.17) is 4.74 Å². The van der Waals surface area contributed by atoms with E-state index in [1.165, 1.54) is 0 Å². The molecule has 1 N–H and O–H groups in total. The summed E-state index contributed by atoms with van der Waals surface area (Å²) < 4.78 is 5.26. The molecule has 0 aliphatic carbocycles. The maximum Gasteiger partial charge on any atom is 0.248 e. The molecule has 2 aromatic carbocycles. The van der Waals surface area contributed by atoms with Crippen molar-refractivity contribution in [1.82, 2.24) is 0 Å². The minimum absolute atomic E-state index is 0.131. The first-order valence-corrected chi connectivity index (χ1v) is 7.63. The Bertz CT molecular complexity index is 737. The Balaban J connectivity index is 2.17. The van der Waals surface area contributed by atoms with Gasteiger partial charge in [-0.15, -0.1) is 0 Å². The minimum Gasteiger partial charge on any atom is -0.497 e. The number of carbonyl (C=O) groups excluding carboxylic acids is 1. The third kappa shape index (κ3) is 4.01. The number of anilines is 1. The fourth-order valence-electron chi connectivity index (χ4n) is 2.54. The van der Waals surface area contributed by atoms with Gasteiger partial charge in [0.2, 0.25) is 5.91 Å². The van der Waals surface area contributed by atoms with E-state index < -0.39 is 0 Å². The van der Waals surface area contributed by atoms with Gasteiger partial charge in [0.15, 0.2) is 0 Å². The van der Waals surface area contributed by atoms with Gasteiger partial charge in [0.25, 0.3) is 0 Å². The van der Waals surface area contributed by atoms with Crippen molar-refractivity contribution in [3.63, 3.8) is 0 Å². The predicted octanol–water partition coefficient (Wildman–Crippen LogP) is 4.58.